The van der Waals surface area contributed by atoms with Crippen molar-refractivity contribution in [3.8, 4) is 28.2 Å². The highest BCUT2D eigenvalue weighted by molar-refractivity contribution is 6.09. The molecule has 3 aromatic rings. The molecule has 0 bridgehead atoms. The summed E-state index contributed by atoms with van der Waals surface area (Å²) in [5.41, 5.74) is 4.05. The zero-order chi connectivity index (χ0) is 61.6. The number of Topliss-reactive ketones (excluding diaryl/α,β-unsaturated/α-hetero) is 5. The Balaban J connectivity index is 1.13. The molecule has 4 amide bonds. The summed E-state index contributed by atoms with van der Waals surface area (Å²) in [5.74, 6) is -16.4. The number of primary amides is 1. The van der Waals surface area contributed by atoms with Crippen molar-refractivity contribution in [1.29, 1.82) is 0 Å². The van der Waals surface area contributed by atoms with Crippen LogP contribution >= 0.6 is 0 Å². The van der Waals surface area contributed by atoms with E-state index in [1.165, 1.54) is 59.3 Å². The van der Waals surface area contributed by atoms with Crippen LogP contribution in [-0.4, -0.2) is 119 Å². The Morgan fingerprint density at radius 2 is 1.40 bits per heavy atom. The number of halogens is 2. The van der Waals surface area contributed by atoms with Crippen LogP contribution in [0.5, 0.6) is 5.75 Å². The first-order valence-electron chi connectivity index (χ1n) is 26.7. The second-order valence-electron chi connectivity index (χ2n) is 20.8. The normalized spacial score (nSPS) is 14.3. The smallest absolute Gasteiger partial charge is 0.336 e. The number of aliphatic hydroxyl groups is 1. The number of H-pyrrole nitrogens is 1. The molecule has 0 saturated heterocycles. The van der Waals surface area contributed by atoms with Crippen molar-refractivity contribution >= 4 is 75.5 Å². The highest BCUT2D eigenvalue weighted by Crippen LogP contribution is 2.43. The number of aliphatic hydroxyl groups excluding tert-OH is 1. The summed E-state index contributed by atoms with van der Waals surface area (Å²) in [7, 11) is 0. The van der Waals surface area contributed by atoms with Gasteiger partial charge in [0.1, 0.15) is 17.1 Å². The number of rotatable bonds is 33. The van der Waals surface area contributed by atoms with Crippen LogP contribution in [0.4, 0.5) is 8.78 Å². The molecule has 10 N–H and O–H groups in total. The monoisotopic (exact) mass is 1160 g/mol. The molecule has 0 fully saturated rings. The zero-order valence-electron chi connectivity index (χ0n) is 46.2. The number of carboxylic acids is 2. The van der Waals surface area contributed by atoms with Gasteiger partial charge in [0.15, 0.2) is 40.5 Å². The summed E-state index contributed by atoms with van der Waals surface area (Å²) in [4.78, 5) is 161. The van der Waals surface area contributed by atoms with Gasteiger partial charge in [0.25, 0.3) is 0 Å². The molecule has 0 unspecified atom stereocenters. The summed E-state index contributed by atoms with van der Waals surface area (Å²) in [5, 5.41) is 47.6. The number of unbranched alkanes of at least 4 members (excludes halogenated alkanes) is 2. The van der Waals surface area contributed by atoms with E-state index in [1.54, 1.807) is 0 Å². The quantitative estimate of drug-likeness (QED) is 0.0153. The molecule has 25 heteroatoms. The second-order valence-corrected chi connectivity index (χ2v) is 20.8. The first kappa shape index (κ1) is 64.9. The van der Waals surface area contributed by atoms with Gasteiger partial charge in [0.2, 0.25) is 29.1 Å². The number of carboxylic acid groups (broad SMARTS) is 2. The number of imidazole rings is 1. The number of nitrogens with one attached hydrogen (secondary N) is 4. The van der Waals surface area contributed by atoms with Crippen LogP contribution in [0.2, 0.25) is 0 Å². The van der Waals surface area contributed by atoms with Crippen molar-refractivity contribution in [1.82, 2.24) is 25.9 Å². The van der Waals surface area contributed by atoms with Gasteiger partial charge < -0.3 is 56.3 Å². The summed E-state index contributed by atoms with van der Waals surface area (Å²) in [6.07, 6.45) is -0.138. The molecule has 5 rings (SSSR count). The molecule has 8 atom stereocenters. The van der Waals surface area contributed by atoms with E-state index in [0.717, 1.165) is 30.3 Å². The number of aromatic amines is 1. The van der Waals surface area contributed by atoms with Crippen molar-refractivity contribution in [3.05, 3.63) is 93.7 Å². The first-order valence-corrected chi connectivity index (χ1v) is 26.7. The average Bonchev–Trinajstić information content (AvgIpc) is 1.95. The standard InChI is InChI=1S/C58H66F2N6O17/c1-27(55(78)64-30(4)46(71)22-37(31(5)68)57(80)66-43(19-35-25-62-26-63-35)49(74)18-33(54(61)77)12-14-52(75)76)15-45(70)29(3)65-56(79)34(16-28(2)67)9-7-6-8-10-44(69)32-11-13-36(38(17-32)58(81)82)53-39-20-41(59)47(72)23-50(39)83-51-24-48(73)42(60)21-40(51)53/h11,13,17,20-21,23-27,29-31,33-34,37,43,68,72H,6-10,12,14-16,18-19,22H2,1-5H3,(H2,61,77)(H,62,63)(H,64,78)(H,65,79)(H,66,80)(H,75,76)(H,81,82)/t27-,29+,30+,31-,33-,34-,37+,43+/m0/s1. The van der Waals surface area contributed by atoms with Gasteiger partial charge in [-0.2, -0.15) is 0 Å². The Morgan fingerprint density at radius 3 is 2.01 bits per heavy atom. The van der Waals surface area contributed by atoms with Crippen molar-refractivity contribution < 1.29 is 86.4 Å². The lowest BCUT2D eigenvalue weighted by Gasteiger charge is -2.25. The molecule has 1 aliphatic carbocycles. The minimum Gasteiger partial charge on any atom is -0.505 e. The maximum Gasteiger partial charge on any atom is 0.336 e. The van der Waals surface area contributed by atoms with Crippen molar-refractivity contribution in [2.45, 2.75) is 136 Å². The number of nitrogens with zero attached hydrogens (tertiary/aromatic N) is 1. The third kappa shape index (κ3) is 17.8. The largest absolute Gasteiger partial charge is 0.505 e. The molecule has 1 aliphatic heterocycles. The molecular formula is C58H66F2N6O17. The number of hydrogen-bond donors (Lipinski definition) is 9. The number of nitrogens with two attached hydrogens (primary N) is 1. The van der Waals surface area contributed by atoms with E-state index in [9.17, 15) is 81.6 Å². The highest BCUT2D eigenvalue weighted by atomic mass is 19.1. The number of aromatic nitrogens is 2. The van der Waals surface area contributed by atoms with E-state index in [1.807, 2.05) is 0 Å². The minimum atomic E-state index is -1.49. The number of amides is 4. The number of ketones is 5. The van der Waals surface area contributed by atoms with Gasteiger partial charge in [-0.3, -0.25) is 47.9 Å². The summed E-state index contributed by atoms with van der Waals surface area (Å²) >= 11 is 0. The van der Waals surface area contributed by atoms with Gasteiger partial charge in [-0.05, 0) is 70.7 Å². The molecule has 23 nitrogen and oxygen atoms in total. The number of aromatic carboxylic acids is 1. The number of phenolic OH excluding ortho intramolecular Hbond substituents is 1. The molecule has 0 radical (unpaired) electrons. The number of benzene rings is 3. The second kappa shape index (κ2) is 29.2. The van der Waals surface area contributed by atoms with Gasteiger partial charge in [-0.1, -0.05) is 31.9 Å². The van der Waals surface area contributed by atoms with Crippen molar-refractivity contribution in [2.24, 2.45) is 29.4 Å². The maximum absolute atomic E-state index is 14.7. The Bertz CT molecular complexity index is 3320. The molecule has 1 aromatic heterocycles. The maximum atomic E-state index is 14.7. The lowest BCUT2D eigenvalue weighted by molar-refractivity contribution is -0.138. The highest BCUT2D eigenvalue weighted by Gasteiger charge is 2.35. The molecule has 2 aliphatic rings. The SMILES string of the molecule is CC(=O)C[C@H](CCCCCC(=O)c1ccc(-c2c3cc(F)c(=O)cc-3oc3cc(O)c(F)cc23)c(C(=O)O)c1)C(=O)N[C@H](C)C(=O)C[C@H](C)C(=O)N[C@H](C)C(=O)C[C@@H](C(=O)N[C@H](Cc1cnc[nH]1)C(=O)C[C@H](CCC(=O)O)C(N)=O)[C@H](C)O. The van der Waals surface area contributed by atoms with Crippen LogP contribution in [0.1, 0.15) is 132 Å². The third-order valence-corrected chi connectivity index (χ3v) is 14.3. The van der Waals surface area contributed by atoms with E-state index in [-0.39, 0.29) is 83.3 Å². The number of aromatic hydroxyl groups is 1. The topological polar surface area (TPSA) is 390 Å². The van der Waals surface area contributed by atoms with E-state index >= 15 is 0 Å². The Morgan fingerprint density at radius 1 is 0.723 bits per heavy atom. The predicted molar refractivity (Wildman–Crippen MR) is 291 cm³/mol. The third-order valence-electron chi connectivity index (χ3n) is 14.3. The van der Waals surface area contributed by atoms with E-state index in [4.69, 9.17) is 15.3 Å². The fourth-order valence-corrected chi connectivity index (χ4v) is 9.44. The summed E-state index contributed by atoms with van der Waals surface area (Å²) in [6.45, 7) is 6.67. The number of aliphatic carboxylic acids is 1. The Hall–Kier alpha value is -8.87. The molecule has 83 heavy (non-hydrogen) atoms. The summed E-state index contributed by atoms with van der Waals surface area (Å²) in [6, 6.07) is 3.51. The number of carbonyl (C=O) groups is 11. The molecule has 0 spiro atoms. The van der Waals surface area contributed by atoms with Crippen LogP contribution < -0.4 is 27.1 Å². The van der Waals surface area contributed by atoms with E-state index < -0.39 is 161 Å². The van der Waals surface area contributed by atoms with Gasteiger partial charge in [0.05, 0.1) is 42.0 Å². The van der Waals surface area contributed by atoms with Gasteiger partial charge >= 0.3 is 11.9 Å². The Kier molecular flexibility index (Phi) is 22.9. The minimum absolute atomic E-state index is 0.000463. The van der Waals surface area contributed by atoms with Crippen LogP contribution in [-0.2, 0) is 49.6 Å². The van der Waals surface area contributed by atoms with Gasteiger partial charge in [-0.25, -0.2) is 18.6 Å². The van der Waals surface area contributed by atoms with Crippen molar-refractivity contribution in [3.63, 3.8) is 0 Å². The van der Waals surface area contributed by atoms with Crippen LogP contribution in [0.15, 0.2) is 64.2 Å². The fourth-order valence-electron chi connectivity index (χ4n) is 9.44. The van der Waals surface area contributed by atoms with Crippen LogP contribution in [0.25, 0.3) is 33.4 Å². The molecule has 444 valence electrons. The molecular weight excluding hydrogens is 1090 g/mol. The molecule has 0 saturated carbocycles. The van der Waals surface area contributed by atoms with Gasteiger partial charge in [-0.15, -0.1) is 0 Å². The fraction of sp³-hybridized carbons (Fsp3) is 0.431. The molecule has 2 aromatic carbocycles. The van der Waals surface area contributed by atoms with Crippen LogP contribution in [0, 0.1) is 35.3 Å². The molecule has 2 heterocycles. The van der Waals surface area contributed by atoms with E-state index in [0.29, 0.717) is 18.5 Å². The van der Waals surface area contributed by atoms with Crippen molar-refractivity contribution in [2.75, 3.05) is 0 Å². The summed E-state index contributed by atoms with van der Waals surface area (Å²) < 4.78 is 35.0. The number of phenols is 1. The lowest BCUT2D eigenvalue weighted by Crippen LogP contribution is -2.49. The van der Waals surface area contributed by atoms with Crippen LogP contribution in [0.3, 0.4) is 0 Å². The van der Waals surface area contributed by atoms with E-state index in [2.05, 4.69) is 25.9 Å². The lowest BCUT2D eigenvalue weighted by atomic mass is 9.89. The number of hydrogen-bond acceptors (Lipinski definition) is 16. The number of carbonyl (C=O) groups excluding carboxylic acids is 9. The zero-order valence-corrected chi connectivity index (χ0v) is 46.2. The Labute approximate surface area is 473 Å². The predicted octanol–water partition coefficient (Wildman–Crippen LogP) is 4.91. The first-order chi connectivity index (χ1) is 39.1. The number of fused-ring (bicyclic) bond motifs is 2. The average molecular weight is 1160 g/mol. The van der Waals surface area contributed by atoms with Gasteiger partial charge in [0, 0.05) is 109 Å².